The molecule has 0 fully saturated rings. The van der Waals surface area contributed by atoms with Crippen LogP contribution < -0.4 is 0 Å². The molecule has 0 N–H and O–H groups in total. The molecule has 1 aromatic carbocycles. The van der Waals surface area contributed by atoms with Crippen molar-refractivity contribution in [2.24, 2.45) is 0 Å². The Balaban J connectivity index is 2.36. The zero-order chi connectivity index (χ0) is 12.5. The average molecular weight is 301 g/mol. The molecule has 3 nitrogen and oxygen atoms in total. The van der Waals surface area contributed by atoms with Crippen LogP contribution >= 0.6 is 15.9 Å². The van der Waals surface area contributed by atoms with E-state index in [0.717, 1.165) is 6.42 Å². The van der Waals surface area contributed by atoms with Crippen LogP contribution in [0.5, 0.6) is 0 Å². The first-order valence-corrected chi connectivity index (χ1v) is 6.75. The van der Waals surface area contributed by atoms with Gasteiger partial charge in [-0.15, -0.1) is 0 Å². The Morgan fingerprint density at radius 3 is 2.65 bits per heavy atom. The molecule has 17 heavy (non-hydrogen) atoms. The maximum atomic E-state index is 11.2. The van der Waals surface area contributed by atoms with E-state index in [2.05, 4.69) is 15.9 Å². The first-order valence-electron chi connectivity index (χ1n) is 5.63. The van der Waals surface area contributed by atoms with Crippen LogP contribution in [0.2, 0.25) is 0 Å². The molecular formula is C13H17BrO3. The fourth-order valence-corrected chi connectivity index (χ4v) is 1.84. The third-order valence-electron chi connectivity index (χ3n) is 2.22. The molecule has 1 atom stereocenters. The van der Waals surface area contributed by atoms with Gasteiger partial charge in [0.2, 0.25) is 0 Å². The first-order chi connectivity index (χ1) is 8.26. The van der Waals surface area contributed by atoms with E-state index in [4.69, 9.17) is 9.47 Å². The minimum Gasteiger partial charge on any atom is -0.464 e. The molecule has 0 saturated carbocycles. The number of halogens is 1. The summed E-state index contributed by atoms with van der Waals surface area (Å²) in [5.41, 5.74) is 1.20. The van der Waals surface area contributed by atoms with E-state index in [0.29, 0.717) is 11.9 Å². The molecular weight excluding hydrogens is 284 g/mol. The van der Waals surface area contributed by atoms with Gasteiger partial charge in [-0.2, -0.15) is 0 Å². The van der Waals surface area contributed by atoms with Crippen molar-refractivity contribution < 1.29 is 14.3 Å². The number of rotatable bonds is 7. The summed E-state index contributed by atoms with van der Waals surface area (Å²) in [5.74, 6) is -0.313. The summed E-state index contributed by atoms with van der Waals surface area (Å²) >= 11 is 3.39. The summed E-state index contributed by atoms with van der Waals surface area (Å²) in [7, 11) is 0. The Kier molecular flexibility index (Phi) is 6.89. The molecule has 0 aliphatic carbocycles. The molecule has 0 spiro atoms. The third kappa shape index (κ3) is 5.84. The average Bonchev–Trinajstić information content (AvgIpc) is 2.36. The summed E-state index contributed by atoms with van der Waals surface area (Å²) in [6.07, 6.45) is 0.771. The second-order valence-corrected chi connectivity index (χ2v) is 4.23. The maximum absolute atomic E-state index is 11.2. The molecule has 4 heteroatoms. The second-order valence-electron chi connectivity index (χ2n) is 3.58. The number of hydrogen-bond donors (Lipinski definition) is 0. The van der Waals surface area contributed by atoms with Gasteiger partial charge in [0.1, 0.15) is 6.61 Å². The van der Waals surface area contributed by atoms with Gasteiger partial charge in [-0.25, -0.2) is 4.79 Å². The van der Waals surface area contributed by atoms with E-state index in [9.17, 15) is 4.79 Å². The van der Waals surface area contributed by atoms with Crippen LogP contribution in [0.15, 0.2) is 30.3 Å². The lowest BCUT2D eigenvalue weighted by molar-refractivity contribution is -0.150. The minimum absolute atomic E-state index is 0.0109. The zero-order valence-corrected chi connectivity index (χ0v) is 11.5. The SMILES string of the molecule is CCOC(=O)COC(CBr)Cc1ccccc1. The number of ether oxygens (including phenoxy) is 2. The molecule has 0 radical (unpaired) electrons. The van der Waals surface area contributed by atoms with Gasteiger partial charge >= 0.3 is 5.97 Å². The van der Waals surface area contributed by atoms with Gasteiger partial charge in [-0.05, 0) is 18.9 Å². The van der Waals surface area contributed by atoms with Crippen molar-refractivity contribution in [3.63, 3.8) is 0 Å². The topological polar surface area (TPSA) is 35.5 Å². The van der Waals surface area contributed by atoms with Gasteiger partial charge in [0.25, 0.3) is 0 Å². The number of hydrogen-bond acceptors (Lipinski definition) is 3. The fraction of sp³-hybridized carbons (Fsp3) is 0.462. The monoisotopic (exact) mass is 300 g/mol. The molecule has 1 rings (SSSR count). The summed E-state index contributed by atoms with van der Waals surface area (Å²) in [6, 6.07) is 10.1. The van der Waals surface area contributed by atoms with E-state index in [-0.39, 0.29) is 18.7 Å². The summed E-state index contributed by atoms with van der Waals surface area (Å²) in [4.78, 5) is 11.2. The number of carbonyl (C=O) groups is 1. The Morgan fingerprint density at radius 1 is 1.35 bits per heavy atom. The normalized spacial score (nSPS) is 12.1. The van der Waals surface area contributed by atoms with Crippen LogP contribution in [0.1, 0.15) is 12.5 Å². The lowest BCUT2D eigenvalue weighted by Gasteiger charge is -2.14. The van der Waals surface area contributed by atoms with Crippen LogP contribution in [-0.4, -0.2) is 30.6 Å². The fourth-order valence-electron chi connectivity index (χ4n) is 1.42. The predicted octanol–water partition coefficient (Wildman–Crippen LogP) is 2.57. The van der Waals surface area contributed by atoms with Crippen LogP contribution in [0.4, 0.5) is 0 Å². The number of esters is 1. The van der Waals surface area contributed by atoms with Crippen LogP contribution in [-0.2, 0) is 20.7 Å². The Hall–Kier alpha value is -0.870. The summed E-state index contributed by atoms with van der Waals surface area (Å²) in [6.45, 7) is 2.18. The molecule has 0 bridgehead atoms. The van der Waals surface area contributed by atoms with Crippen molar-refractivity contribution in [1.29, 1.82) is 0 Å². The lowest BCUT2D eigenvalue weighted by atomic mass is 10.1. The molecule has 0 aliphatic heterocycles. The van der Waals surface area contributed by atoms with Gasteiger partial charge in [0.15, 0.2) is 0 Å². The lowest BCUT2D eigenvalue weighted by Crippen LogP contribution is -2.23. The van der Waals surface area contributed by atoms with Crippen LogP contribution in [0.3, 0.4) is 0 Å². The number of benzene rings is 1. The first kappa shape index (κ1) is 14.2. The van der Waals surface area contributed by atoms with E-state index < -0.39 is 0 Å². The highest BCUT2D eigenvalue weighted by Gasteiger charge is 2.11. The van der Waals surface area contributed by atoms with Gasteiger partial charge in [0, 0.05) is 5.33 Å². The quantitative estimate of drug-likeness (QED) is 0.573. The van der Waals surface area contributed by atoms with Crippen molar-refractivity contribution in [3.8, 4) is 0 Å². The van der Waals surface area contributed by atoms with Crippen molar-refractivity contribution in [3.05, 3.63) is 35.9 Å². The molecule has 1 unspecified atom stereocenters. The van der Waals surface area contributed by atoms with E-state index in [1.807, 2.05) is 30.3 Å². The zero-order valence-electron chi connectivity index (χ0n) is 9.90. The van der Waals surface area contributed by atoms with Gasteiger partial charge in [-0.1, -0.05) is 46.3 Å². The highest BCUT2D eigenvalue weighted by atomic mass is 79.9. The molecule has 0 aliphatic rings. The van der Waals surface area contributed by atoms with Gasteiger partial charge < -0.3 is 9.47 Å². The van der Waals surface area contributed by atoms with E-state index in [1.54, 1.807) is 6.92 Å². The second kappa shape index (κ2) is 8.25. The highest BCUT2D eigenvalue weighted by Crippen LogP contribution is 2.08. The van der Waals surface area contributed by atoms with Gasteiger partial charge in [0.05, 0.1) is 12.7 Å². The number of carbonyl (C=O) groups excluding carboxylic acids is 1. The third-order valence-corrected chi connectivity index (χ3v) is 2.94. The Morgan fingerprint density at radius 2 is 2.06 bits per heavy atom. The van der Waals surface area contributed by atoms with Crippen LogP contribution in [0, 0.1) is 0 Å². The molecule has 1 aromatic rings. The molecule has 0 saturated heterocycles. The molecule has 94 valence electrons. The van der Waals surface area contributed by atoms with Crippen molar-refractivity contribution >= 4 is 21.9 Å². The van der Waals surface area contributed by atoms with E-state index >= 15 is 0 Å². The Bertz CT molecular complexity index is 327. The predicted molar refractivity (Wildman–Crippen MR) is 70.3 cm³/mol. The maximum Gasteiger partial charge on any atom is 0.332 e. The van der Waals surface area contributed by atoms with Crippen molar-refractivity contribution in [2.45, 2.75) is 19.4 Å². The summed E-state index contributed by atoms with van der Waals surface area (Å²) in [5, 5.41) is 0.696. The van der Waals surface area contributed by atoms with Gasteiger partial charge in [-0.3, -0.25) is 0 Å². The minimum atomic E-state index is -0.313. The van der Waals surface area contributed by atoms with Crippen molar-refractivity contribution in [2.75, 3.05) is 18.5 Å². The standard InChI is InChI=1S/C13H17BrO3/c1-2-16-13(15)10-17-12(9-14)8-11-6-4-3-5-7-11/h3-7,12H,2,8-10H2,1H3. The molecule has 0 heterocycles. The highest BCUT2D eigenvalue weighted by molar-refractivity contribution is 9.09. The number of alkyl halides is 1. The smallest absolute Gasteiger partial charge is 0.332 e. The molecule has 0 amide bonds. The largest absolute Gasteiger partial charge is 0.464 e. The van der Waals surface area contributed by atoms with Crippen LogP contribution in [0.25, 0.3) is 0 Å². The molecule has 0 aromatic heterocycles. The van der Waals surface area contributed by atoms with Crippen molar-refractivity contribution in [1.82, 2.24) is 0 Å². The summed E-state index contributed by atoms with van der Waals surface area (Å²) < 4.78 is 10.3. The van der Waals surface area contributed by atoms with E-state index in [1.165, 1.54) is 5.56 Å². The Labute approximate surface area is 110 Å².